The van der Waals surface area contributed by atoms with E-state index in [1.807, 2.05) is 6.07 Å². The zero-order valence-electron chi connectivity index (χ0n) is 16.3. The van der Waals surface area contributed by atoms with Crippen molar-refractivity contribution in [2.24, 2.45) is 11.8 Å². The maximum absolute atomic E-state index is 12.4. The van der Waals surface area contributed by atoms with Crippen molar-refractivity contribution in [2.45, 2.75) is 25.3 Å². The summed E-state index contributed by atoms with van der Waals surface area (Å²) in [6.07, 6.45) is 2.82. The van der Waals surface area contributed by atoms with Crippen LogP contribution in [0.25, 0.3) is 0 Å². The second kappa shape index (κ2) is 9.47. The Balaban J connectivity index is 1.60. The fourth-order valence-corrected chi connectivity index (χ4v) is 4.37. The molecule has 8 heteroatoms. The van der Waals surface area contributed by atoms with Crippen LogP contribution in [0, 0.1) is 11.8 Å². The molecule has 1 aromatic heterocycles. The van der Waals surface area contributed by atoms with Gasteiger partial charge in [-0.05, 0) is 36.5 Å². The van der Waals surface area contributed by atoms with E-state index in [1.54, 1.807) is 31.6 Å². The van der Waals surface area contributed by atoms with Crippen molar-refractivity contribution < 1.29 is 9.53 Å². The highest BCUT2D eigenvalue weighted by Gasteiger charge is 2.23. The van der Waals surface area contributed by atoms with E-state index in [1.165, 1.54) is 18.2 Å². The van der Waals surface area contributed by atoms with Gasteiger partial charge in [0.1, 0.15) is 22.9 Å². The van der Waals surface area contributed by atoms with Gasteiger partial charge in [0.2, 0.25) is 5.91 Å². The monoisotopic (exact) mass is 420 g/mol. The summed E-state index contributed by atoms with van der Waals surface area (Å²) in [4.78, 5) is 23.4. The van der Waals surface area contributed by atoms with Crippen LogP contribution in [-0.2, 0) is 4.79 Å². The lowest BCUT2D eigenvalue weighted by Crippen LogP contribution is -2.39. The molecule has 1 N–H and O–H groups in total. The molecule has 0 spiro atoms. The Kier molecular flexibility index (Phi) is 7.02. The van der Waals surface area contributed by atoms with Crippen molar-refractivity contribution in [3.8, 4) is 5.75 Å². The summed E-state index contributed by atoms with van der Waals surface area (Å²) in [7, 11) is 1.55. The van der Waals surface area contributed by atoms with E-state index in [9.17, 15) is 4.79 Å². The molecule has 3 rings (SSSR count). The van der Waals surface area contributed by atoms with Crippen molar-refractivity contribution in [1.82, 2.24) is 9.97 Å². The number of aromatic nitrogens is 2. The molecule has 28 heavy (non-hydrogen) atoms. The van der Waals surface area contributed by atoms with Gasteiger partial charge in [0, 0.05) is 24.2 Å². The summed E-state index contributed by atoms with van der Waals surface area (Å²) in [6.45, 7) is 6.54. The fourth-order valence-electron chi connectivity index (χ4n) is 3.54. The zero-order valence-corrected chi connectivity index (χ0v) is 17.9. The Bertz CT molecular complexity index is 826. The molecule has 0 bridgehead atoms. The fraction of sp³-hybridized carbons (Fsp3) is 0.450. The van der Waals surface area contributed by atoms with Gasteiger partial charge < -0.3 is 15.0 Å². The van der Waals surface area contributed by atoms with Gasteiger partial charge in [-0.2, -0.15) is 0 Å². The van der Waals surface area contributed by atoms with Crippen LogP contribution < -0.4 is 15.0 Å². The van der Waals surface area contributed by atoms with E-state index in [4.69, 9.17) is 16.3 Å². The molecule has 6 nitrogen and oxygen atoms in total. The summed E-state index contributed by atoms with van der Waals surface area (Å²) >= 11 is 7.39. The van der Waals surface area contributed by atoms with E-state index in [0.29, 0.717) is 28.3 Å². The third-order valence-electron chi connectivity index (χ3n) is 4.61. The number of piperidine rings is 1. The van der Waals surface area contributed by atoms with Crippen LogP contribution in [0.15, 0.2) is 35.6 Å². The van der Waals surface area contributed by atoms with Crippen LogP contribution in [-0.4, -0.2) is 41.8 Å². The van der Waals surface area contributed by atoms with Crippen molar-refractivity contribution in [2.75, 3.05) is 36.2 Å². The largest absolute Gasteiger partial charge is 0.495 e. The molecule has 0 aliphatic carbocycles. The van der Waals surface area contributed by atoms with Gasteiger partial charge in [-0.15, -0.1) is 0 Å². The zero-order chi connectivity index (χ0) is 20.1. The third-order valence-corrected chi connectivity index (χ3v) is 5.77. The first-order valence-electron chi connectivity index (χ1n) is 9.27. The first kappa shape index (κ1) is 20.7. The molecule has 2 unspecified atom stereocenters. The average Bonchev–Trinajstić information content (AvgIpc) is 2.66. The molecule has 1 amide bonds. The second-order valence-corrected chi connectivity index (χ2v) is 8.68. The van der Waals surface area contributed by atoms with Crippen LogP contribution in [0.3, 0.4) is 0 Å². The van der Waals surface area contributed by atoms with Gasteiger partial charge in [-0.1, -0.05) is 37.2 Å². The standard InChI is InChI=1S/C20H25ClN4O2S/c1-13-6-14(2)10-25(9-13)18-8-20(23-12-22-18)28-11-19(26)24-16-7-15(21)4-5-17(16)27-3/h4-5,7-8,12-14H,6,9-11H2,1-3H3,(H,24,26). The quantitative estimate of drug-likeness (QED) is 0.553. The molecule has 1 saturated heterocycles. The number of nitrogens with zero attached hydrogens (tertiary/aromatic N) is 3. The summed E-state index contributed by atoms with van der Waals surface area (Å²) in [5, 5.41) is 4.16. The van der Waals surface area contributed by atoms with E-state index in [2.05, 4.69) is 34.0 Å². The van der Waals surface area contributed by atoms with Gasteiger partial charge >= 0.3 is 0 Å². The number of anilines is 2. The number of nitrogens with one attached hydrogen (secondary N) is 1. The molecular weight excluding hydrogens is 396 g/mol. The maximum Gasteiger partial charge on any atom is 0.234 e. The lowest BCUT2D eigenvalue weighted by Gasteiger charge is -2.35. The molecule has 1 fully saturated rings. The highest BCUT2D eigenvalue weighted by atomic mass is 35.5. The average molecular weight is 421 g/mol. The predicted molar refractivity (Wildman–Crippen MR) is 115 cm³/mol. The third kappa shape index (κ3) is 5.52. The highest BCUT2D eigenvalue weighted by Crippen LogP contribution is 2.29. The SMILES string of the molecule is COc1ccc(Cl)cc1NC(=O)CSc1cc(N2CC(C)CC(C)C2)ncn1. The smallest absolute Gasteiger partial charge is 0.234 e. The molecule has 1 aromatic carbocycles. The van der Waals surface area contributed by atoms with Gasteiger partial charge in [0.15, 0.2) is 0 Å². The Labute approximate surface area is 175 Å². The van der Waals surface area contributed by atoms with Crippen LogP contribution >= 0.6 is 23.4 Å². The summed E-state index contributed by atoms with van der Waals surface area (Å²) in [5.41, 5.74) is 0.556. The Morgan fingerprint density at radius 1 is 1.29 bits per heavy atom. The van der Waals surface area contributed by atoms with Gasteiger partial charge in [0.05, 0.1) is 18.6 Å². The number of thioether (sulfide) groups is 1. The van der Waals surface area contributed by atoms with E-state index in [0.717, 1.165) is 23.9 Å². The molecule has 2 heterocycles. The van der Waals surface area contributed by atoms with E-state index < -0.39 is 0 Å². The number of hydrogen-bond donors (Lipinski definition) is 1. The number of carbonyl (C=O) groups is 1. The number of amides is 1. The van der Waals surface area contributed by atoms with Crippen molar-refractivity contribution in [3.63, 3.8) is 0 Å². The normalized spacial score (nSPS) is 19.4. The molecule has 0 radical (unpaired) electrons. The highest BCUT2D eigenvalue weighted by molar-refractivity contribution is 7.99. The molecule has 1 aliphatic heterocycles. The number of halogens is 1. The maximum atomic E-state index is 12.4. The molecular formula is C20H25ClN4O2S. The van der Waals surface area contributed by atoms with Crippen LogP contribution in [0.4, 0.5) is 11.5 Å². The minimum atomic E-state index is -0.147. The van der Waals surface area contributed by atoms with Crippen LogP contribution in [0.5, 0.6) is 5.75 Å². The van der Waals surface area contributed by atoms with E-state index >= 15 is 0 Å². The molecule has 2 atom stereocenters. The lowest BCUT2D eigenvalue weighted by atomic mass is 9.92. The van der Waals surface area contributed by atoms with Gasteiger partial charge in [-0.25, -0.2) is 9.97 Å². The molecule has 2 aromatic rings. The first-order chi connectivity index (χ1) is 13.4. The molecule has 1 aliphatic rings. The van der Waals surface area contributed by atoms with Crippen LogP contribution in [0.1, 0.15) is 20.3 Å². The minimum absolute atomic E-state index is 0.147. The van der Waals surface area contributed by atoms with Crippen molar-refractivity contribution >= 4 is 40.8 Å². The van der Waals surface area contributed by atoms with Crippen molar-refractivity contribution in [1.29, 1.82) is 0 Å². The second-order valence-electron chi connectivity index (χ2n) is 7.25. The number of carbonyl (C=O) groups excluding carboxylic acids is 1. The van der Waals surface area contributed by atoms with Crippen LogP contribution in [0.2, 0.25) is 5.02 Å². The van der Waals surface area contributed by atoms with Crippen molar-refractivity contribution in [3.05, 3.63) is 35.6 Å². The topological polar surface area (TPSA) is 67.3 Å². The Morgan fingerprint density at radius 2 is 2.04 bits per heavy atom. The lowest BCUT2D eigenvalue weighted by molar-refractivity contribution is -0.113. The Morgan fingerprint density at radius 3 is 2.75 bits per heavy atom. The molecule has 0 saturated carbocycles. The summed E-state index contributed by atoms with van der Waals surface area (Å²) in [6, 6.07) is 7.07. The molecule has 150 valence electrons. The van der Waals surface area contributed by atoms with E-state index in [-0.39, 0.29) is 11.7 Å². The number of benzene rings is 1. The first-order valence-corrected chi connectivity index (χ1v) is 10.6. The Hall–Kier alpha value is -1.99. The number of rotatable bonds is 6. The predicted octanol–water partition coefficient (Wildman–Crippen LogP) is 4.35. The van der Waals surface area contributed by atoms with Gasteiger partial charge in [-0.3, -0.25) is 4.79 Å². The minimum Gasteiger partial charge on any atom is -0.495 e. The van der Waals surface area contributed by atoms with Gasteiger partial charge in [0.25, 0.3) is 0 Å². The number of hydrogen-bond acceptors (Lipinski definition) is 6. The summed E-state index contributed by atoms with van der Waals surface area (Å²) < 4.78 is 5.26. The number of ether oxygens (including phenoxy) is 1. The number of methoxy groups -OCH3 is 1. The summed E-state index contributed by atoms with van der Waals surface area (Å²) in [5.74, 6) is 2.87.